The highest BCUT2D eigenvalue weighted by molar-refractivity contribution is 7.10. The number of anilines is 1. The number of carbonyl (C=O) groups is 4. The average Bonchev–Trinajstić information content (AvgIpc) is 3.89. The number of rotatable bonds is 13. The Labute approximate surface area is 445 Å². The molecule has 5 fully saturated rings. The van der Waals surface area contributed by atoms with Crippen LogP contribution in [0.15, 0.2) is 66.0 Å². The van der Waals surface area contributed by atoms with Gasteiger partial charge in [-0.2, -0.15) is 0 Å². The van der Waals surface area contributed by atoms with Crippen molar-refractivity contribution in [3.8, 4) is 16.9 Å². The van der Waals surface area contributed by atoms with E-state index >= 15 is 0 Å². The maximum absolute atomic E-state index is 14.1. The number of likely N-dealkylation sites (tertiary alicyclic amines) is 1. The molecule has 2 aromatic heterocycles. The molecule has 3 aromatic carbocycles. The largest absolute Gasteiger partial charge is 0.496 e. The smallest absolute Gasteiger partial charge is 0.253 e. The number of hydrogen-bond donors (Lipinski definition) is 2. The summed E-state index contributed by atoms with van der Waals surface area (Å²) in [5.74, 6) is 2.91. The van der Waals surface area contributed by atoms with Crippen LogP contribution in [0.25, 0.3) is 22.0 Å². The van der Waals surface area contributed by atoms with Crippen LogP contribution in [-0.2, 0) is 20.9 Å². The van der Waals surface area contributed by atoms with Gasteiger partial charge in [-0.05, 0) is 174 Å². The third kappa shape index (κ3) is 11.4. The van der Waals surface area contributed by atoms with E-state index < -0.39 is 0 Å². The van der Waals surface area contributed by atoms with Crippen molar-refractivity contribution in [1.29, 1.82) is 0 Å². The number of thiophene rings is 1. The van der Waals surface area contributed by atoms with Crippen molar-refractivity contribution in [3.05, 3.63) is 104 Å². The average molecular weight is 1040 g/mol. The molecule has 2 aliphatic carbocycles. The lowest BCUT2D eigenvalue weighted by Gasteiger charge is -2.47. The summed E-state index contributed by atoms with van der Waals surface area (Å²) in [6, 6.07) is 20.1. The highest BCUT2D eigenvalue weighted by atomic mass is 35.5. The second kappa shape index (κ2) is 22.4. The summed E-state index contributed by atoms with van der Waals surface area (Å²) in [5, 5.41) is 10.1. The third-order valence-corrected chi connectivity index (χ3v) is 18.7. The molecule has 74 heavy (non-hydrogen) atoms. The van der Waals surface area contributed by atoms with Crippen molar-refractivity contribution in [1.82, 2.24) is 34.9 Å². The van der Waals surface area contributed by atoms with Gasteiger partial charge in [0.2, 0.25) is 17.7 Å². The molecule has 0 radical (unpaired) electrons. The molecule has 5 heterocycles. The number of nitrogens with one attached hydrogen (secondary N) is 2. The van der Waals surface area contributed by atoms with Crippen molar-refractivity contribution in [3.63, 3.8) is 0 Å². The molecule has 1 unspecified atom stereocenters. The molecule has 13 nitrogen and oxygen atoms in total. The minimum atomic E-state index is -0.347. The molecule has 3 saturated heterocycles. The van der Waals surface area contributed by atoms with Gasteiger partial charge in [-0.15, -0.1) is 11.3 Å². The summed E-state index contributed by atoms with van der Waals surface area (Å²) in [4.78, 5) is 71.4. The number of imide groups is 1. The number of ether oxygens (including phenoxy) is 1. The standard InChI is InChI=1S/C59H73ClN8O5S/c1-37(52-31-45(36-74-52)54-44(35-65(3)4)7-6-8-49(54)60)61-55-48-32-47(51(73-5)33-50(48)62-38(2)63-55)41-11-15-43(16-12-41)58(72)68-29-27-66(28-30-68)34-39-19-21-59(22-20-39)23-25-67(26-24-59)57(71)42-13-9-40(10-14-42)46-17-18-53(69)64-56(46)70/h6-10,13-14,31-33,36-37,39,41,43,46H,11-12,15-30,34-35H2,1-5H3,(H,61,62,63)(H,64,69,70)/t37-,41?,43?,46?/m1/s1. The molecule has 4 amide bonds. The molecule has 5 aliphatic rings. The molecule has 1 spiro atoms. The van der Waals surface area contributed by atoms with E-state index in [1.807, 2.05) is 48.2 Å². The summed E-state index contributed by atoms with van der Waals surface area (Å²) in [6.45, 7) is 11.1. The van der Waals surface area contributed by atoms with Crippen LogP contribution in [0.1, 0.15) is 140 Å². The molecular formula is C59H73ClN8O5S. The number of hydrogen-bond acceptors (Lipinski definition) is 11. The minimum absolute atomic E-state index is 0.00933. The van der Waals surface area contributed by atoms with Crippen molar-refractivity contribution >= 4 is 63.3 Å². The molecule has 2 N–H and O–H groups in total. The number of piperidine rings is 2. The van der Waals surface area contributed by atoms with Gasteiger partial charge in [0.1, 0.15) is 17.4 Å². The van der Waals surface area contributed by atoms with E-state index in [1.54, 1.807) is 18.4 Å². The summed E-state index contributed by atoms with van der Waals surface area (Å²) >= 11 is 8.53. The highest BCUT2D eigenvalue weighted by Crippen LogP contribution is 2.47. The molecule has 392 valence electrons. The number of carbonyl (C=O) groups excluding carboxylic acids is 4. The number of nitrogens with zero attached hydrogens (tertiary/aromatic N) is 6. The van der Waals surface area contributed by atoms with Crippen molar-refractivity contribution in [2.45, 2.75) is 115 Å². The first-order valence-electron chi connectivity index (χ1n) is 27.1. The van der Waals surface area contributed by atoms with E-state index in [2.05, 4.69) is 76.0 Å². The zero-order valence-electron chi connectivity index (χ0n) is 43.9. The zero-order valence-corrected chi connectivity index (χ0v) is 45.5. The first-order valence-corrected chi connectivity index (χ1v) is 28.4. The number of benzene rings is 3. The second-order valence-electron chi connectivity index (χ2n) is 22.4. The minimum Gasteiger partial charge on any atom is -0.496 e. The van der Waals surface area contributed by atoms with Crippen LogP contribution in [0.4, 0.5) is 5.82 Å². The third-order valence-electron chi connectivity index (χ3n) is 17.2. The predicted octanol–water partition coefficient (Wildman–Crippen LogP) is 10.6. The Balaban J connectivity index is 0.683. The van der Waals surface area contributed by atoms with Gasteiger partial charge in [0.05, 0.1) is 24.6 Å². The highest BCUT2D eigenvalue weighted by Gasteiger charge is 2.40. The van der Waals surface area contributed by atoms with E-state index in [0.29, 0.717) is 41.5 Å². The lowest BCUT2D eigenvalue weighted by atomic mass is 9.65. The number of piperazine rings is 1. The maximum Gasteiger partial charge on any atom is 0.253 e. The van der Waals surface area contributed by atoms with Crippen molar-refractivity contribution in [2.75, 3.05) is 72.3 Å². The molecule has 5 aromatic rings. The van der Waals surface area contributed by atoms with Gasteiger partial charge >= 0.3 is 0 Å². The first kappa shape index (κ1) is 52.0. The molecule has 2 saturated carbocycles. The SMILES string of the molecule is COc1cc2nc(C)nc(N[C@H](C)c3cc(-c4c(Cl)cccc4CN(C)C)cs3)c2cc1C1CCC(C(=O)N2CCN(CC3CCC4(CC3)CCN(C(=O)c3ccc(C5CCC(=O)NC5=O)cc3)CC4)CC2)CC1. The van der Waals surface area contributed by atoms with E-state index in [-0.39, 0.29) is 41.5 Å². The van der Waals surface area contributed by atoms with Gasteiger partial charge < -0.3 is 24.8 Å². The second-order valence-corrected chi connectivity index (χ2v) is 23.7. The normalized spacial score (nSPS) is 22.3. The van der Waals surface area contributed by atoms with E-state index in [4.69, 9.17) is 26.3 Å². The van der Waals surface area contributed by atoms with Crippen LogP contribution in [0, 0.1) is 24.2 Å². The Morgan fingerprint density at radius 2 is 1.62 bits per heavy atom. The first-order chi connectivity index (χ1) is 35.7. The number of aromatic nitrogens is 2. The Hall–Kier alpha value is -5.41. The fourth-order valence-electron chi connectivity index (χ4n) is 12.9. The Bertz CT molecular complexity index is 2850. The zero-order chi connectivity index (χ0) is 51.7. The van der Waals surface area contributed by atoms with E-state index in [1.165, 1.54) is 36.1 Å². The molecule has 3 aliphatic heterocycles. The van der Waals surface area contributed by atoms with Gasteiger partial charge in [-0.3, -0.25) is 29.4 Å². The van der Waals surface area contributed by atoms with Gasteiger partial charge in [0, 0.05) is 97.2 Å². The van der Waals surface area contributed by atoms with Crippen LogP contribution in [0.5, 0.6) is 5.75 Å². The van der Waals surface area contributed by atoms with Crippen LogP contribution in [0.3, 0.4) is 0 Å². The van der Waals surface area contributed by atoms with Gasteiger partial charge in [-0.1, -0.05) is 35.9 Å². The van der Waals surface area contributed by atoms with Crippen LogP contribution >= 0.6 is 22.9 Å². The fraction of sp³-hybridized carbons (Fsp3) is 0.525. The van der Waals surface area contributed by atoms with Crippen LogP contribution in [0.2, 0.25) is 5.02 Å². The van der Waals surface area contributed by atoms with Crippen LogP contribution < -0.4 is 15.4 Å². The number of halogens is 1. The predicted molar refractivity (Wildman–Crippen MR) is 294 cm³/mol. The Kier molecular flexibility index (Phi) is 15.8. The quantitative estimate of drug-likeness (QED) is 0.110. The van der Waals surface area contributed by atoms with Crippen molar-refractivity contribution < 1.29 is 23.9 Å². The molecule has 0 bridgehead atoms. The van der Waals surface area contributed by atoms with Gasteiger partial charge in [-0.25, -0.2) is 9.97 Å². The summed E-state index contributed by atoms with van der Waals surface area (Å²) in [7, 11) is 5.89. The summed E-state index contributed by atoms with van der Waals surface area (Å²) in [5.41, 5.74) is 7.25. The van der Waals surface area contributed by atoms with E-state index in [9.17, 15) is 19.2 Å². The van der Waals surface area contributed by atoms with Crippen molar-refractivity contribution in [2.24, 2.45) is 17.3 Å². The molecule has 2 atom stereocenters. The molecular weight excluding hydrogens is 968 g/mol. The lowest BCUT2D eigenvalue weighted by Crippen LogP contribution is -2.52. The number of methoxy groups -OCH3 is 1. The fourth-order valence-corrected chi connectivity index (χ4v) is 14.1. The monoisotopic (exact) mass is 1040 g/mol. The molecule has 15 heteroatoms. The van der Waals surface area contributed by atoms with Gasteiger partial charge in [0.15, 0.2) is 0 Å². The number of fused-ring (bicyclic) bond motifs is 1. The molecule has 10 rings (SSSR count). The van der Waals surface area contributed by atoms with E-state index in [0.717, 1.165) is 141 Å². The topological polar surface area (TPSA) is 140 Å². The number of aryl methyl sites for hydroxylation is 1. The van der Waals surface area contributed by atoms with Gasteiger partial charge in [0.25, 0.3) is 5.91 Å². The lowest BCUT2D eigenvalue weighted by molar-refractivity contribution is -0.138. The van der Waals surface area contributed by atoms with Crippen LogP contribution in [-0.4, -0.2) is 120 Å². The Morgan fingerprint density at radius 3 is 2.31 bits per heavy atom. The summed E-state index contributed by atoms with van der Waals surface area (Å²) < 4.78 is 6.03. The number of amides is 4. The Morgan fingerprint density at radius 1 is 0.892 bits per heavy atom. The summed E-state index contributed by atoms with van der Waals surface area (Å²) in [6.07, 6.45) is 11.4. The maximum atomic E-state index is 14.1.